The number of hydrogen-bond acceptors (Lipinski definition) is 6. The first-order valence-electron chi connectivity index (χ1n) is 10.2. The molecular formula is C21H34N6O. The van der Waals surface area contributed by atoms with Crippen molar-refractivity contribution in [3.05, 3.63) is 30.1 Å². The van der Waals surface area contributed by atoms with E-state index in [0.717, 1.165) is 44.2 Å². The van der Waals surface area contributed by atoms with Gasteiger partial charge < -0.3 is 9.64 Å². The van der Waals surface area contributed by atoms with Crippen LogP contribution < -0.4 is 9.64 Å². The Bertz CT molecular complexity index is 741. The zero-order valence-electron chi connectivity index (χ0n) is 18.1. The molecule has 0 radical (unpaired) electrons. The average molecular weight is 387 g/mol. The maximum absolute atomic E-state index is 5.27. The van der Waals surface area contributed by atoms with Crippen molar-refractivity contribution in [2.75, 3.05) is 38.2 Å². The molecule has 7 heteroatoms. The maximum atomic E-state index is 5.27. The molecule has 7 nitrogen and oxygen atoms in total. The molecule has 2 aromatic rings. The van der Waals surface area contributed by atoms with Gasteiger partial charge in [0.05, 0.1) is 18.7 Å². The highest BCUT2D eigenvalue weighted by Gasteiger charge is 2.32. The average Bonchev–Trinajstić information content (AvgIpc) is 3.16. The normalized spacial score (nSPS) is 17.2. The van der Waals surface area contributed by atoms with Gasteiger partial charge in [0.15, 0.2) is 5.82 Å². The molecule has 1 aromatic carbocycles. The van der Waals surface area contributed by atoms with E-state index < -0.39 is 0 Å². The molecule has 0 unspecified atom stereocenters. The lowest BCUT2D eigenvalue weighted by molar-refractivity contribution is 0.146. The van der Waals surface area contributed by atoms with Crippen LogP contribution in [0.3, 0.4) is 0 Å². The summed E-state index contributed by atoms with van der Waals surface area (Å²) in [6.07, 6.45) is 1.05. The van der Waals surface area contributed by atoms with Gasteiger partial charge in [-0.3, -0.25) is 4.90 Å². The number of nitrogens with zero attached hydrogens (tertiary/aromatic N) is 6. The highest BCUT2D eigenvalue weighted by Crippen LogP contribution is 2.30. The third-order valence-electron chi connectivity index (χ3n) is 5.31. The van der Waals surface area contributed by atoms with E-state index in [1.165, 1.54) is 5.69 Å². The molecule has 1 aliphatic rings. The van der Waals surface area contributed by atoms with Gasteiger partial charge in [-0.15, -0.1) is 5.10 Å². The van der Waals surface area contributed by atoms with Crippen LogP contribution in [0.4, 0.5) is 5.69 Å². The third kappa shape index (κ3) is 4.63. The minimum Gasteiger partial charge on any atom is -0.497 e. The molecule has 2 heterocycles. The summed E-state index contributed by atoms with van der Waals surface area (Å²) in [6, 6.07) is 8.58. The van der Waals surface area contributed by atoms with E-state index in [0.29, 0.717) is 5.92 Å². The number of aromatic nitrogens is 4. The van der Waals surface area contributed by atoms with Crippen LogP contribution in [0, 0.1) is 5.92 Å². The fourth-order valence-corrected chi connectivity index (χ4v) is 3.83. The highest BCUT2D eigenvalue weighted by molar-refractivity contribution is 5.49. The summed E-state index contributed by atoms with van der Waals surface area (Å²) in [4.78, 5) is 4.99. The lowest BCUT2D eigenvalue weighted by Crippen LogP contribution is -2.48. The van der Waals surface area contributed by atoms with Crippen molar-refractivity contribution in [1.82, 2.24) is 25.1 Å². The van der Waals surface area contributed by atoms with Gasteiger partial charge in [0.1, 0.15) is 5.75 Å². The van der Waals surface area contributed by atoms with E-state index in [1.54, 1.807) is 7.11 Å². The quantitative estimate of drug-likeness (QED) is 0.759. The number of methoxy groups -OCH3 is 1. The minimum atomic E-state index is -0.126. The second-order valence-electron chi connectivity index (χ2n) is 8.99. The SMILES string of the molecule is COc1ccc(N2CCN([C@H](CC(C)C)c3nnnn3C(C)(C)C)CC2)cc1. The smallest absolute Gasteiger partial charge is 0.168 e. The number of tetrazole rings is 1. The fourth-order valence-electron chi connectivity index (χ4n) is 3.83. The summed E-state index contributed by atoms with van der Waals surface area (Å²) < 4.78 is 7.27. The van der Waals surface area contributed by atoms with Crippen molar-refractivity contribution < 1.29 is 4.74 Å². The highest BCUT2D eigenvalue weighted by atomic mass is 16.5. The molecular weight excluding hydrogens is 352 g/mol. The van der Waals surface area contributed by atoms with Crippen LogP contribution in [0.25, 0.3) is 0 Å². The first-order chi connectivity index (χ1) is 13.3. The molecule has 1 fully saturated rings. The summed E-state index contributed by atoms with van der Waals surface area (Å²) >= 11 is 0. The minimum absolute atomic E-state index is 0.126. The zero-order valence-corrected chi connectivity index (χ0v) is 18.1. The summed E-state index contributed by atoms with van der Waals surface area (Å²) in [6.45, 7) is 15.0. The molecule has 1 aromatic heterocycles. The Morgan fingerprint density at radius 2 is 1.68 bits per heavy atom. The predicted octanol–water partition coefficient (Wildman–Crippen LogP) is 3.35. The van der Waals surface area contributed by atoms with E-state index in [2.05, 4.69) is 72.1 Å². The topological polar surface area (TPSA) is 59.3 Å². The predicted molar refractivity (Wildman–Crippen MR) is 112 cm³/mol. The standard InChI is InChI=1S/C21H34N6O/c1-16(2)15-19(20-22-23-24-27(20)21(3,4)5)26-13-11-25(12-14-26)17-7-9-18(28-6)10-8-17/h7-10,16,19H,11-15H2,1-6H3/t19-/m1/s1. The number of anilines is 1. The molecule has 28 heavy (non-hydrogen) atoms. The Balaban J connectivity index is 1.74. The molecule has 3 rings (SSSR count). The Hall–Kier alpha value is -2.15. The van der Waals surface area contributed by atoms with Gasteiger partial charge in [-0.2, -0.15) is 0 Å². The van der Waals surface area contributed by atoms with E-state index in [1.807, 2.05) is 16.8 Å². The molecule has 0 N–H and O–H groups in total. The summed E-state index contributed by atoms with van der Waals surface area (Å²) in [7, 11) is 1.70. The van der Waals surface area contributed by atoms with Gasteiger partial charge in [-0.05, 0) is 67.8 Å². The second-order valence-corrected chi connectivity index (χ2v) is 8.99. The van der Waals surface area contributed by atoms with E-state index in [4.69, 9.17) is 4.74 Å². The van der Waals surface area contributed by atoms with Crippen LogP contribution >= 0.6 is 0 Å². The van der Waals surface area contributed by atoms with Crippen LogP contribution in [0.2, 0.25) is 0 Å². The lowest BCUT2D eigenvalue weighted by Gasteiger charge is -2.40. The van der Waals surface area contributed by atoms with Crippen molar-refractivity contribution >= 4 is 5.69 Å². The Kier molecular flexibility index (Phi) is 6.23. The lowest BCUT2D eigenvalue weighted by atomic mass is 9.99. The van der Waals surface area contributed by atoms with E-state index >= 15 is 0 Å². The number of ether oxygens (including phenoxy) is 1. The maximum Gasteiger partial charge on any atom is 0.168 e. The molecule has 0 aliphatic carbocycles. The van der Waals surface area contributed by atoms with Crippen molar-refractivity contribution in [1.29, 1.82) is 0 Å². The van der Waals surface area contributed by atoms with Gasteiger partial charge in [0.25, 0.3) is 0 Å². The summed E-state index contributed by atoms with van der Waals surface area (Å²) in [5, 5.41) is 12.7. The van der Waals surface area contributed by atoms with Gasteiger partial charge >= 0.3 is 0 Å². The summed E-state index contributed by atoms with van der Waals surface area (Å²) in [5.41, 5.74) is 1.12. The largest absolute Gasteiger partial charge is 0.497 e. The first-order valence-corrected chi connectivity index (χ1v) is 10.2. The van der Waals surface area contributed by atoms with Gasteiger partial charge in [-0.1, -0.05) is 13.8 Å². The molecule has 0 saturated carbocycles. The van der Waals surface area contributed by atoms with Crippen molar-refractivity contribution in [3.63, 3.8) is 0 Å². The van der Waals surface area contributed by atoms with Crippen molar-refractivity contribution in [2.24, 2.45) is 5.92 Å². The first kappa shape index (κ1) is 20.6. The number of benzene rings is 1. The van der Waals surface area contributed by atoms with Crippen LogP contribution in [0.1, 0.15) is 52.9 Å². The van der Waals surface area contributed by atoms with Gasteiger partial charge in [0.2, 0.25) is 0 Å². The Labute approximate surface area is 168 Å². The summed E-state index contributed by atoms with van der Waals surface area (Å²) in [5.74, 6) is 2.46. The molecule has 0 bridgehead atoms. The molecule has 1 aliphatic heterocycles. The molecule has 154 valence electrons. The zero-order chi connectivity index (χ0) is 20.3. The van der Waals surface area contributed by atoms with Crippen LogP contribution in [0.5, 0.6) is 5.75 Å². The monoisotopic (exact) mass is 386 g/mol. The van der Waals surface area contributed by atoms with Crippen LogP contribution in [-0.2, 0) is 5.54 Å². The molecule has 0 amide bonds. The third-order valence-corrected chi connectivity index (χ3v) is 5.31. The van der Waals surface area contributed by atoms with E-state index in [9.17, 15) is 0 Å². The molecule has 1 atom stereocenters. The molecule has 0 spiro atoms. The van der Waals surface area contributed by atoms with E-state index in [-0.39, 0.29) is 11.6 Å². The number of piperazine rings is 1. The van der Waals surface area contributed by atoms with Crippen molar-refractivity contribution in [3.8, 4) is 5.75 Å². The number of hydrogen-bond donors (Lipinski definition) is 0. The number of rotatable bonds is 6. The fraction of sp³-hybridized carbons (Fsp3) is 0.667. The second kappa shape index (κ2) is 8.47. The Morgan fingerprint density at radius 3 is 2.21 bits per heavy atom. The van der Waals surface area contributed by atoms with Crippen LogP contribution in [-0.4, -0.2) is 58.4 Å². The Morgan fingerprint density at radius 1 is 1.04 bits per heavy atom. The molecule has 1 saturated heterocycles. The van der Waals surface area contributed by atoms with Gasteiger partial charge in [-0.25, -0.2) is 4.68 Å². The van der Waals surface area contributed by atoms with Crippen LogP contribution in [0.15, 0.2) is 24.3 Å². The van der Waals surface area contributed by atoms with Crippen molar-refractivity contribution in [2.45, 2.75) is 52.6 Å². The van der Waals surface area contributed by atoms with Gasteiger partial charge in [0, 0.05) is 31.9 Å².